The van der Waals surface area contributed by atoms with Crippen molar-refractivity contribution in [1.29, 1.82) is 0 Å². The van der Waals surface area contributed by atoms with Gasteiger partial charge in [0.05, 0.1) is 0 Å². The van der Waals surface area contributed by atoms with Gasteiger partial charge in [-0.25, -0.2) is 8.78 Å². The highest BCUT2D eigenvalue weighted by Gasteiger charge is 2.17. The third-order valence-corrected chi connectivity index (χ3v) is 5.81. The summed E-state index contributed by atoms with van der Waals surface area (Å²) in [5, 5.41) is 2.15. The van der Waals surface area contributed by atoms with Gasteiger partial charge in [-0.05, 0) is 31.0 Å². The Bertz CT molecular complexity index is 1200. The van der Waals surface area contributed by atoms with E-state index in [2.05, 4.69) is 0 Å². The Morgan fingerprint density at radius 2 is 1.77 bits per heavy atom. The van der Waals surface area contributed by atoms with E-state index in [0.717, 1.165) is 33.9 Å². The van der Waals surface area contributed by atoms with Crippen LogP contribution in [-0.2, 0) is 11.2 Å². The van der Waals surface area contributed by atoms with Crippen LogP contribution in [0.1, 0.15) is 11.3 Å². The third-order valence-electron chi connectivity index (χ3n) is 4.58. The van der Waals surface area contributed by atoms with Gasteiger partial charge in [0.1, 0.15) is 0 Å². The van der Waals surface area contributed by atoms with Gasteiger partial charge in [0.15, 0.2) is 17.1 Å². The van der Waals surface area contributed by atoms with Gasteiger partial charge >= 0.3 is 0 Å². The maximum atomic E-state index is 14.7. The van der Waals surface area contributed by atoms with Crippen LogP contribution >= 0.6 is 11.3 Å². The molecule has 0 radical (unpaired) electrons. The highest BCUT2D eigenvalue weighted by molar-refractivity contribution is 7.20. The van der Waals surface area contributed by atoms with Crippen molar-refractivity contribution in [2.45, 2.75) is 12.8 Å². The van der Waals surface area contributed by atoms with Crippen LogP contribution in [0.2, 0.25) is 0 Å². The molecule has 0 atom stereocenters. The minimum absolute atomic E-state index is 0.0652. The number of benzene rings is 2. The number of methoxy groups -OCH3 is 1. The fourth-order valence-electron chi connectivity index (χ4n) is 3.37. The molecule has 0 unspecified atom stereocenters. The summed E-state index contributed by atoms with van der Waals surface area (Å²) in [6, 6.07) is 11.5. The zero-order chi connectivity index (χ0) is 18.3. The number of ether oxygens (including phenoxy) is 1. The Kier molecular flexibility index (Phi) is 4.42. The van der Waals surface area contributed by atoms with E-state index in [9.17, 15) is 13.6 Å². The van der Waals surface area contributed by atoms with Gasteiger partial charge in [-0.1, -0.05) is 24.3 Å². The molecule has 0 spiro atoms. The molecule has 0 bridgehead atoms. The lowest BCUT2D eigenvalue weighted by atomic mass is 10.1. The van der Waals surface area contributed by atoms with Crippen molar-refractivity contribution in [3.8, 4) is 0 Å². The third kappa shape index (κ3) is 2.68. The second-order valence-corrected chi connectivity index (χ2v) is 7.35. The molecule has 0 fully saturated rings. The maximum Gasteiger partial charge on any atom is 0.194 e. The molecule has 0 N–H and O–H groups in total. The van der Waals surface area contributed by atoms with Crippen molar-refractivity contribution in [1.82, 2.24) is 0 Å². The fourth-order valence-corrected chi connectivity index (χ4v) is 4.61. The zero-order valence-corrected chi connectivity index (χ0v) is 15.0. The molecule has 26 heavy (non-hydrogen) atoms. The summed E-state index contributed by atoms with van der Waals surface area (Å²) in [4.78, 5) is 14.0. The Balaban J connectivity index is 2.18. The van der Waals surface area contributed by atoms with Gasteiger partial charge in [-0.2, -0.15) is 0 Å². The van der Waals surface area contributed by atoms with Crippen molar-refractivity contribution in [2.24, 2.45) is 0 Å². The van der Waals surface area contributed by atoms with Crippen LogP contribution in [0.15, 0.2) is 47.3 Å². The van der Waals surface area contributed by atoms with Crippen molar-refractivity contribution >= 4 is 43.0 Å². The van der Waals surface area contributed by atoms with Crippen LogP contribution < -0.4 is 5.43 Å². The smallest absolute Gasteiger partial charge is 0.194 e. The van der Waals surface area contributed by atoms with Gasteiger partial charge in [-0.3, -0.25) is 4.79 Å². The monoisotopic (exact) mass is 370 g/mol. The summed E-state index contributed by atoms with van der Waals surface area (Å²) in [6.45, 7) is 0.636. The highest BCUT2D eigenvalue weighted by Crippen LogP contribution is 2.36. The van der Waals surface area contributed by atoms with Crippen molar-refractivity contribution in [3.05, 3.63) is 69.2 Å². The molecule has 0 aliphatic rings. The van der Waals surface area contributed by atoms with Crippen LogP contribution in [0, 0.1) is 11.6 Å². The first-order chi connectivity index (χ1) is 12.6. The molecular weight excluding hydrogens is 354 g/mol. The van der Waals surface area contributed by atoms with Gasteiger partial charge in [0.2, 0.25) is 0 Å². The summed E-state index contributed by atoms with van der Waals surface area (Å²) in [7, 11) is 1.65. The summed E-state index contributed by atoms with van der Waals surface area (Å²) in [6.07, 6.45) is 1.63. The number of fused-ring (bicyclic) bond motifs is 5. The molecule has 0 saturated carbocycles. The normalized spacial score (nSPS) is 11.7. The molecule has 3 aromatic carbocycles. The second-order valence-electron chi connectivity index (χ2n) is 6.21. The van der Waals surface area contributed by atoms with Crippen LogP contribution in [0.4, 0.5) is 8.78 Å². The van der Waals surface area contributed by atoms with E-state index in [4.69, 9.17) is 4.74 Å². The van der Waals surface area contributed by atoms with Crippen molar-refractivity contribution in [2.75, 3.05) is 13.7 Å². The number of hydrogen-bond acceptors (Lipinski definition) is 3. The van der Waals surface area contributed by atoms with Gasteiger partial charge in [0.25, 0.3) is 0 Å². The Labute approximate surface area is 152 Å². The predicted octanol–water partition coefficient (Wildman–Crippen LogP) is 5.43. The molecule has 1 heterocycles. The lowest BCUT2D eigenvalue weighted by molar-refractivity contribution is 0.195. The first-order valence-corrected chi connectivity index (χ1v) is 9.17. The first-order valence-electron chi connectivity index (χ1n) is 8.36. The van der Waals surface area contributed by atoms with Crippen molar-refractivity contribution in [3.63, 3.8) is 0 Å². The van der Waals surface area contributed by atoms with Crippen LogP contribution in [0.5, 0.6) is 0 Å². The van der Waals surface area contributed by atoms with E-state index in [0.29, 0.717) is 17.4 Å². The average Bonchev–Trinajstić information content (AvgIpc) is 3.03. The van der Waals surface area contributed by atoms with Gasteiger partial charge < -0.3 is 4.74 Å². The minimum Gasteiger partial charge on any atom is -0.385 e. The SMILES string of the molecule is COCCCc1cc2c(s1)c1ccccc1c(=O)c1ccc(F)c(F)c12. The zero-order valence-electron chi connectivity index (χ0n) is 14.1. The number of rotatable bonds is 4. The van der Waals surface area contributed by atoms with E-state index in [1.807, 2.05) is 18.2 Å². The Morgan fingerprint density at radius 1 is 1.00 bits per heavy atom. The molecule has 4 rings (SSSR count). The number of halogens is 2. The number of aryl methyl sites for hydroxylation is 1. The van der Waals surface area contributed by atoms with E-state index >= 15 is 0 Å². The Hall–Kier alpha value is -2.37. The van der Waals surface area contributed by atoms with Crippen molar-refractivity contribution < 1.29 is 13.5 Å². The quantitative estimate of drug-likeness (QED) is 0.448. The highest BCUT2D eigenvalue weighted by atomic mass is 32.1. The summed E-state index contributed by atoms with van der Waals surface area (Å²) in [5.41, 5.74) is -0.279. The fraction of sp³-hybridized carbons (Fsp3) is 0.190. The molecule has 5 heteroatoms. The lowest BCUT2D eigenvalue weighted by Gasteiger charge is -1.98. The standard InChI is InChI=1S/C21H16F2O2S/c1-25-10-4-5-12-11-16-18-15(8-9-17(22)19(18)23)20(24)13-6-2-3-7-14(13)21(16)26-12/h2-3,6-9,11H,4-5,10H2,1H3. The Morgan fingerprint density at radius 3 is 2.54 bits per heavy atom. The summed E-state index contributed by atoms with van der Waals surface area (Å²) >= 11 is 1.53. The van der Waals surface area contributed by atoms with Crippen LogP contribution in [-0.4, -0.2) is 13.7 Å². The summed E-state index contributed by atoms with van der Waals surface area (Å²) < 4.78 is 34.6. The minimum atomic E-state index is -0.967. The maximum absolute atomic E-state index is 14.7. The number of thiophene rings is 1. The molecule has 1 aromatic heterocycles. The molecule has 0 amide bonds. The van der Waals surface area contributed by atoms with E-state index in [1.165, 1.54) is 17.4 Å². The second kappa shape index (κ2) is 6.74. The van der Waals surface area contributed by atoms with Gasteiger partial charge in [-0.15, -0.1) is 11.3 Å². The molecule has 0 aliphatic carbocycles. The summed E-state index contributed by atoms with van der Waals surface area (Å²) in [5.74, 6) is -1.91. The average molecular weight is 370 g/mol. The molecule has 0 saturated heterocycles. The van der Waals surface area contributed by atoms with E-state index < -0.39 is 11.6 Å². The van der Waals surface area contributed by atoms with E-state index in [-0.39, 0.29) is 16.2 Å². The van der Waals surface area contributed by atoms with Crippen LogP contribution in [0.25, 0.3) is 31.6 Å². The predicted molar refractivity (Wildman–Crippen MR) is 103 cm³/mol. The molecule has 4 aromatic rings. The largest absolute Gasteiger partial charge is 0.385 e. The molecule has 2 nitrogen and oxygen atoms in total. The van der Waals surface area contributed by atoms with Gasteiger partial charge in [0, 0.05) is 50.2 Å². The van der Waals surface area contributed by atoms with E-state index in [1.54, 1.807) is 19.2 Å². The first kappa shape index (κ1) is 17.1. The topological polar surface area (TPSA) is 26.3 Å². The lowest BCUT2D eigenvalue weighted by Crippen LogP contribution is -2.00. The molecular formula is C21H16F2O2S. The number of hydrogen-bond donors (Lipinski definition) is 0. The molecule has 132 valence electrons. The van der Waals surface area contributed by atoms with Crippen LogP contribution in [0.3, 0.4) is 0 Å². The molecule has 0 aliphatic heterocycles.